The predicted molar refractivity (Wildman–Crippen MR) is 65.7 cm³/mol. The molecule has 0 bridgehead atoms. The molecule has 10 heteroatoms. The molecule has 116 valence electrons. The lowest BCUT2D eigenvalue weighted by Gasteiger charge is -2.23. The standard InChI is InChI=1S/C11H9ClF4N2O3/c12-1-2-17(6-11(14,15)16)10(19)7-3-8(13)5-9(4-7)18(20)21/h3-5H,1-2,6H2. The fraction of sp³-hybridized carbons (Fsp3) is 0.364. The van der Waals surface area contributed by atoms with Gasteiger partial charge in [0, 0.05) is 24.1 Å². The van der Waals surface area contributed by atoms with Crippen molar-refractivity contribution < 1.29 is 27.3 Å². The van der Waals surface area contributed by atoms with Crippen LogP contribution in [0.4, 0.5) is 23.2 Å². The molecule has 0 heterocycles. The average molecular weight is 329 g/mol. The highest BCUT2D eigenvalue weighted by molar-refractivity contribution is 6.18. The number of nitro groups is 1. The van der Waals surface area contributed by atoms with Gasteiger partial charge in [0.1, 0.15) is 12.4 Å². The zero-order valence-electron chi connectivity index (χ0n) is 10.4. The first-order chi connectivity index (χ1) is 9.64. The Morgan fingerprint density at radius 3 is 2.43 bits per heavy atom. The van der Waals surface area contributed by atoms with Gasteiger partial charge >= 0.3 is 6.18 Å². The number of carbonyl (C=O) groups is 1. The third-order valence-corrected chi connectivity index (χ3v) is 2.52. The SMILES string of the molecule is O=C(c1cc(F)cc([N+](=O)[O-])c1)N(CCCl)CC(F)(F)F. The van der Waals surface area contributed by atoms with Gasteiger partial charge in [0.2, 0.25) is 0 Å². The molecule has 0 radical (unpaired) electrons. The zero-order chi connectivity index (χ0) is 16.2. The van der Waals surface area contributed by atoms with Crippen LogP contribution in [0.2, 0.25) is 0 Å². The summed E-state index contributed by atoms with van der Waals surface area (Å²) < 4.78 is 50.3. The van der Waals surface area contributed by atoms with Crippen LogP contribution in [0.15, 0.2) is 18.2 Å². The summed E-state index contributed by atoms with van der Waals surface area (Å²) in [6.07, 6.45) is -4.67. The van der Waals surface area contributed by atoms with Crippen LogP contribution < -0.4 is 0 Å². The molecule has 5 nitrogen and oxygen atoms in total. The van der Waals surface area contributed by atoms with Crippen molar-refractivity contribution in [2.75, 3.05) is 19.0 Å². The fourth-order valence-electron chi connectivity index (χ4n) is 1.56. The molecule has 0 saturated carbocycles. The van der Waals surface area contributed by atoms with Gasteiger partial charge in [-0.1, -0.05) is 0 Å². The van der Waals surface area contributed by atoms with Gasteiger partial charge in [0.05, 0.1) is 11.0 Å². The van der Waals surface area contributed by atoms with Gasteiger partial charge in [-0.05, 0) is 6.07 Å². The van der Waals surface area contributed by atoms with Crippen LogP contribution in [0.1, 0.15) is 10.4 Å². The van der Waals surface area contributed by atoms with E-state index in [1.165, 1.54) is 0 Å². The summed E-state index contributed by atoms with van der Waals surface area (Å²) in [5.41, 5.74) is -1.27. The summed E-state index contributed by atoms with van der Waals surface area (Å²) in [7, 11) is 0. The number of halogens is 5. The maximum atomic E-state index is 13.2. The summed E-state index contributed by atoms with van der Waals surface area (Å²) in [6.45, 7) is -2.01. The Hall–Kier alpha value is -1.90. The smallest absolute Gasteiger partial charge is 0.328 e. The minimum Gasteiger partial charge on any atom is -0.328 e. The molecule has 1 aromatic rings. The van der Waals surface area contributed by atoms with Crippen LogP contribution in [0.25, 0.3) is 0 Å². The van der Waals surface area contributed by atoms with Gasteiger partial charge in [0.15, 0.2) is 0 Å². The van der Waals surface area contributed by atoms with Crippen molar-refractivity contribution in [3.8, 4) is 0 Å². The van der Waals surface area contributed by atoms with Gasteiger partial charge in [-0.25, -0.2) is 4.39 Å². The maximum Gasteiger partial charge on any atom is 0.406 e. The first-order valence-electron chi connectivity index (χ1n) is 5.51. The van der Waals surface area contributed by atoms with Crippen molar-refractivity contribution in [3.63, 3.8) is 0 Å². The Balaban J connectivity index is 3.11. The van der Waals surface area contributed by atoms with E-state index in [1.807, 2.05) is 0 Å². The van der Waals surface area contributed by atoms with Crippen molar-refractivity contribution in [1.29, 1.82) is 0 Å². The second kappa shape index (κ2) is 6.70. The molecule has 21 heavy (non-hydrogen) atoms. The number of carbonyl (C=O) groups excluding carboxylic acids is 1. The third-order valence-electron chi connectivity index (χ3n) is 2.35. The molecule has 0 unspecified atom stereocenters. The van der Waals surface area contributed by atoms with E-state index in [2.05, 4.69) is 0 Å². The van der Waals surface area contributed by atoms with E-state index in [0.29, 0.717) is 23.1 Å². The van der Waals surface area contributed by atoms with Crippen LogP contribution in [0, 0.1) is 15.9 Å². The van der Waals surface area contributed by atoms with E-state index in [-0.39, 0.29) is 5.88 Å². The van der Waals surface area contributed by atoms with Gasteiger partial charge < -0.3 is 4.90 Å². The lowest BCUT2D eigenvalue weighted by atomic mass is 10.1. The average Bonchev–Trinajstić information content (AvgIpc) is 2.35. The van der Waals surface area contributed by atoms with Crippen molar-refractivity contribution >= 4 is 23.2 Å². The molecule has 0 saturated heterocycles. The number of amides is 1. The van der Waals surface area contributed by atoms with Crippen LogP contribution >= 0.6 is 11.6 Å². The van der Waals surface area contributed by atoms with E-state index in [4.69, 9.17) is 11.6 Å². The Morgan fingerprint density at radius 1 is 1.33 bits per heavy atom. The van der Waals surface area contributed by atoms with E-state index in [9.17, 15) is 32.5 Å². The fourth-order valence-corrected chi connectivity index (χ4v) is 1.76. The molecule has 0 N–H and O–H groups in total. The first kappa shape index (κ1) is 17.2. The number of alkyl halides is 4. The highest BCUT2D eigenvalue weighted by atomic mass is 35.5. The zero-order valence-corrected chi connectivity index (χ0v) is 11.1. The van der Waals surface area contributed by atoms with Crippen LogP contribution in [-0.2, 0) is 0 Å². The summed E-state index contributed by atoms with van der Waals surface area (Å²) in [5.74, 6) is -2.54. The van der Waals surface area contributed by atoms with E-state index in [1.54, 1.807) is 0 Å². The van der Waals surface area contributed by atoms with E-state index >= 15 is 0 Å². The third kappa shape index (κ3) is 5.18. The van der Waals surface area contributed by atoms with Gasteiger partial charge in [-0.15, -0.1) is 11.6 Å². The van der Waals surface area contributed by atoms with Crippen molar-refractivity contribution in [2.24, 2.45) is 0 Å². The van der Waals surface area contributed by atoms with Crippen molar-refractivity contribution in [2.45, 2.75) is 6.18 Å². The highest BCUT2D eigenvalue weighted by Gasteiger charge is 2.33. The molecular formula is C11H9ClF4N2O3. The Morgan fingerprint density at radius 2 is 1.95 bits per heavy atom. The molecule has 0 aliphatic rings. The van der Waals surface area contributed by atoms with E-state index in [0.717, 1.165) is 0 Å². The van der Waals surface area contributed by atoms with Crippen LogP contribution in [-0.4, -0.2) is 40.9 Å². The normalized spacial score (nSPS) is 11.3. The Bertz CT molecular complexity index is 551. The molecule has 0 atom stereocenters. The van der Waals surface area contributed by atoms with Crippen LogP contribution in [0.5, 0.6) is 0 Å². The van der Waals surface area contributed by atoms with Gasteiger partial charge in [-0.2, -0.15) is 13.2 Å². The van der Waals surface area contributed by atoms with Crippen LogP contribution in [0.3, 0.4) is 0 Å². The lowest BCUT2D eigenvalue weighted by Crippen LogP contribution is -2.40. The monoisotopic (exact) mass is 328 g/mol. The molecule has 0 aromatic heterocycles. The summed E-state index contributed by atoms with van der Waals surface area (Å²) >= 11 is 5.33. The maximum absolute atomic E-state index is 13.2. The predicted octanol–water partition coefficient (Wildman–Crippen LogP) is 2.98. The summed E-state index contributed by atoms with van der Waals surface area (Å²) in [4.78, 5) is 21.9. The minimum absolute atomic E-state index is 0.265. The van der Waals surface area contributed by atoms with Gasteiger partial charge in [-0.3, -0.25) is 14.9 Å². The molecule has 0 fully saturated rings. The molecule has 0 aliphatic heterocycles. The number of nitrogens with zero attached hydrogens (tertiary/aromatic N) is 2. The lowest BCUT2D eigenvalue weighted by molar-refractivity contribution is -0.385. The number of nitro benzene ring substituents is 1. The van der Waals surface area contributed by atoms with Gasteiger partial charge in [0.25, 0.3) is 11.6 Å². The largest absolute Gasteiger partial charge is 0.406 e. The second-order valence-electron chi connectivity index (χ2n) is 3.99. The number of rotatable bonds is 5. The Labute approximate surface area is 121 Å². The molecule has 0 aliphatic carbocycles. The molecule has 1 amide bonds. The van der Waals surface area contributed by atoms with Crippen molar-refractivity contribution in [1.82, 2.24) is 4.90 Å². The Kier molecular flexibility index (Phi) is 5.47. The van der Waals surface area contributed by atoms with E-state index < -0.39 is 47.2 Å². The first-order valence-corrected chi connectivity index (χ1v) is 6.04. The topological polar surface area (TPSA) is 63.4 Å². The molecule has 1 rings (SSSR count). The molecular weight excluding hydrogens is 320 g/mol. The molecule has 0 spiro atoms. The number of hydrogen-bond donors (Lipinski definition) is 0. The quantitative estimate of drug-likeness (QED) is 0.361. The number of non-ortho nitro benzene ring substituents is 1. The number of hydrogen-bond acceptors (Lipinski definition) is 3. The summed E-state index contributed by atoms with van der Waals surface area (Å²) in [5, 5.41) is 10.6. The minimum atomic E-state index is -4.67. The highest BCUT2D eigenvalue weighted by Crippen LogP contribution is 2.21. The number of benzene rings is 1. The summed E-state index contributed by atoms with van der Waals surface area (Å²) in [6, 6.07) is 1.91. The molecule has 1 aromatic carbocycles. The second-order valence-corrected chi connectivity index (χ2v) is 4.36. The van der Waals surface area contributed by atoms with Crippen molar-refractivity contribution in [3.05, 3.63) is 39.7 Å².